The van der Waals surface area contributed by atoms with Gasteiger partial charge in [0.1, 0.15) is 22.9 Å². The number of benzene rings is 2. The van der Waals surface area contributed by atoms with Gasteiger partial charge in [0.05, 0.1) is 31.4 Å². The van der Waals surface area contributed by atoms with Crippen LogP contribution in [0.15, 0.2) is 48.5 Å². The Morgan fingerprint density at radius 1 is 1.06 bits per heavy atom. The average molecular weight is 483 g/mol. The molecule has 0 saturated carbocycles. The maximum atomic E-state index is 13.5. The van der Waals surface area contributed by atoms with E-state index in [4.69, 9.17) is 21.1 Å². The van der Waals surface area contributed by atoms with Crippen molar-refractivity contribution in [2.75, 3.05) is 14.2 Å². The minimum Gasteiger partial charge on any atom is -0.496 e. The van der Waals surface area contributed by atoms with Crippen LogP contribution in [0.4, 0.5) is 17.6 Å². The third-order valence-corrected chi connectivity index (χ3v) is 5.18. The molecular weight excluding hydrogens is 464 g/mol. The van der Waals surface area contributed by atoms with Gasteiger partial charge in [-0.05, 0) is 35.9 Å². The summed E-state index contributed by atoms with van der Waals surface area (Å²) in [5, 5.41) is 2.81. The lowest BCUT2D eigenvalue weighted by atomic mass is 10.1. The predicted molar refractivity (Wildman–Crippen MR) is 116 cm³/mol. The smallest absolute Gasteiger partial charge is 0.283 e. The number of hydrogen-bond donors (Lipinski definition) is 0. The van der Waals surface area contributed by atoms with Crippen molar-refractivity contribution in [3.05, 3.63) is 81.6 Å². The SMILES string of the molecule is COc1ccc(/C=C/C(=O)c2ccccc2OC)cc1Cn1nc(C(F)F)c(Cl)c1C(F)F. The van der Waals surface area contributed by atoms with Gasteiger partial charge in [-0.2, -0.15) is 5.10 Å². The maximum Gasteiger partial charge on any atom is 0.283 e. The minimum atomic E-state index is -3.11. The highest BCUT2D eigenvalue weighted by molar-refractivity contribution is 6.32. The summed E-state index contributed by atoms with van der Waals surface area (Å²) in [6, 6.07) is 11.5. The van der Waals surface area contributed by atoms with Crippen molar-refractivity contribution in [2.45, 2.75) is 19.4 Å². The van der Waals surface area contributed by atoms with Crippen LogP contribution < -0.4 is 9.47 Å². The third kappa shape index (κ3) is 5.36. The lowest BCUT2D eigenvalue weighted by Crippen LogP contribution is -2.08. The number of ether oxygens (including phenoxy) is 2. The van der Waals surface area contributed by atoms with E-state index in [0.717, 1.165) is 4.68 Å². The number of aromatic nitrogens is 2. The molecule has 0 amide bonds. The van der Waals surface area contributed by atoms with Gasteiger partial charge in [0.15, 0.2) is 5.78 Å². The van der Waals surface area contributed by atoms with E-state index >= 15 is 0 Å². The molecule has 0 aliphatic carbocycles. The molecule has 5 nitrogen and oxygen atoms in total. The Hall–Kier alpha value is -3.33. The highest BCUT2D eigenvalue weighted by Crippen LogP contribution is 2.35. The zero-order chi connectivity index (χ0) is 24.1. The van der Waals surface area contributed by atoms with Gasteiger partial charge in [-0.15, -0.1) is 0 Å². The Morgan fingerprint density at radius 3 is 2.39 bits per heavy atom. The lowest BCUT2D eigenvalue weighted by Gasteiger charge is -2.12. The molecule has 0 fully saturated rings. The summed E-state index contributed by atoms with van der Waals surface area (Å²) in [5.41, 5.74) is -0.408. The summed E-state index contributed by atoms with van der Waals surface area (Å²) < 4.78 is 64.4. The number of carbonyl (C=O) groups excluding carboxylic acids is 1. The molecule has 0 aliphatic rings. The highest BCUT2D eigenvalue weighted by Gasteiger charge is 2.28. The van der Waals surface area contributed by atoms with Gasteiger partial charge in [0, 0.05) is 5.56 Å². The summed E-state index contributed by atoms with van der Waals surface area (Å²) in [6.07, 6.45) is -3.33. The van der Waals surface area contributed by atoms with Gasteiger partial charge in [0.25, 0.3) is 12.9 Å². The predicted octanol–water partition coefficient (Wildman–Crippen LogP) is 6.37. The summed E-state index contributed by atoms with van der Waals surface area (Å²) in [5.74, 6) is 0.450. The van der Waals surface area contributed by atoms with Gasteiger partial charge >= 0.3 is 0 Å². The first-order valence-corrected chi connectivity index (χ1v) is 9.99. The van der Waals surface area contributed by atoms with E-state index in [0.29, 0.717) is 28.2 Å². The normalized spacial score (nSPS) is 11.5. The Balaban J connectivity index is 1.93. The first-order chi connectivity index (χ1) is 15.8. The fourth-order valence-corrected chi connectivity index (χ4v) is 3.54. The van der Waals surface area contributed by atoms with Crippen molar-refractivity contribution in [3.63, 3.8) is 0 Å². The first-order valence-electron chi connectivity index (χ1n) is 9.61. The monoisotopic (exact) mass is 482 g/mol. The van der Waals surface area contributed by atoms with E-state index in [9.17, 15) is 22.4 Å². The highest BCUT2D eigenvalue weighted by atomic mass is 35.5. The molecule has 0 radical (unpaired) electrons. The van der Waals surface area contributed by atoms with Crippen LogP contribution in [-0.4, -0.2) is 29.8 Å². The summed E-state index contributed by atoms with van der Waals surface area (Å²) in [4.78, 5) is 12.5. The van der Waals surface area contributed by atoms with Gasteiger partial charge < -0.3 is 9.47 Å². The zero-order valence-corrected chi connectivity index (χ0v) is 18.3. The standard InChI is InChI=1S/C23H19ClF4N2O3/c1-32-17-10-8-13(7-9-16(31)15-5-3-4-6-18(15)33-2)11-14(17)12-30-21(23(27)28)19(24)20(29-30)22(25)26/h3-11,22-23H,12H2,1-2H3/b9-7+. The molecule has 0 saturated heterocycles. The molecule has 0 N–H and O–H groups in total. The number of halogens is 5. The third-order valence-electron chi connectivity index (χ3n) is 4.79. The average Bonchev–Trinajstić information content (AvgIpc) is 3.13. The molecule has 0 atom stereocenters. The van der Waals surface area contributed by atoms with E-state index in [2.05, 4.69) is 5.10 Å². The molecule has 33 heavy (non-hydrogen) atoms. The summed E-state index contributed by atoms with van der Waals surface area (Å²) in [6.45, 7) is -0.294. The van der Waals surface area contributed by atoms with Crippen molar-refractivity contribution >= 4 is 23.5 Å². The molecule has 3 rings (SSSR count). The maximum absolute atomic E-state index is 13.5. The number of allylic oxidation sites excluding steroid dienone is 1. The number of hydrogen-bond acceptors (Lipinski definition) is 4. The number of nitrogens with zero attached hydrogens (tertiary/aromatic N) is 2. The van der Waals surface area contributed by atoms with Crippen molar-refractivity contribution in [1.29, 1.82) is 0 Å². The van der Waals surface area contributed by atoms with Crippen molar-refractivity contribution in [2.24, 2.45) is 0 Å². The van der Waals surface area contributed by atoms with Crippen LogP contribution in [0.25, 0.3) is 6.08 Å². The number of alkyl halides is 4. The fourth-order valence-electron chi connectivity index (χ4n) is 3.24. The Morgan fingerprint density at radius 2 is 1.76 bits per heavy atom. The molecule has 1 heterocycles. The second-order valence-electron chi connectivity index (χ2n) is 6.81. The Labute approximate surface area is 192 Å². The van der Waals surface area contributed by atoms with Crippen molar-refractivity contribution in [1.82, 2.24) is 9.78 Å². The fraction of sp³-hybridized carbons (Fsp3) is 0.217. The molecule has 10 heteroatoms. The molecule has 174 valence electrons. The molecule has 3 aromatic rings. The van der Waals surface area contributed by atoms with E-state index in [1.165, 1.54) is 26.4 Å². The van der Waals surface area contributed by atoms with Crippen LogP contribution in [0, 0.1) is 0 Å². The van der Waals surface area contributed by atoms with Gasteiger partial charge in [-0.1, -0.05) is 35.9 Å². The molecule has 0 bridgehead atoms. The second-order valence-corrected chi connectivity index (χ2v) is 7.19. The van der Waals surface area contributed by atoms with Crippen LogP contribution >= 0.6 is 11.6 Å². The van der Waals surface area contributed by atoms with E-state index < -0.39 is 29.3 Å². The van der Waals surface area contributed by atoms with Crippen molar-refractivity contribution in [3.8, 4) is 11.5 Å². The Bertz CT molecular complexity index is 1180. The number of rotatable bonds is 9. The Kier molecular flexibility index (Phi) is 7.75. The van der Waals surface area contributed by atoms with Crippen LogP contribution in [0.2, 0.25) is 5.02 Å². The quantitative estimate of drug-likeness (QED) is 0.202. The van der Waals surface area contributed by atoms with E-state index in [1.54, 1.807) is 42.5 Å². The van der Waals surface area contributed by atoms with Crippen LogP contribution in [0.5, 0.6) is 11.5 Å². The minimum absolute atomic E-state index is 0.294. The van der Waals surface area contributed by atoms with E-state index in [-0.39, 0.29) is 12.3 Å². The first kappa shape index (κ1) is 24.3. The van der Waals surface area contributed by atoms with Gasteiger partial charge in [-0.25, -0.2) is 17.6 Å². The summed E-state index contributed by atoms with van der Waals surface area (Å²) >= 11 is 5.72. The number of ketones is 1. The topological polar surface area (TPSA) is 53.4 Å². The molecule has 0 unspecified atom stereocenters. The molecule has 1 aromatic heterocycles. The van der Waals surface area contributed by atoms with Crippen LogP contribution in [0.1, 0.15) is 45.7 Å². The van der Waals surface area contributed by atoms with Crippen LogP contribution in [-0.2, 0) is 6.54 Å². The zero-order valence-electron chi connectivity index (χ0n) is 17.6. The summed E-state index contributed by atoms with van der Waals surface area (Å²) in [7, 11) is 2.84. The van der Waals surface area contributed by atoms with Gasteiger partial charge in [0.2, 0.25) is 0 Å². The van der Waals surface area contributed by atoms with E-state index in [1.807, 2.05) is 0 Å². The largest absolute Gasteiger partial charge is 0.496 e. The molecular formula is C23H19ClF4N2O3. The second kappa shape index (κ2) is 10.5. The number of carbonyl (C=O) groups is 1. The molecule has 0 spiro atoms. The van der Waals surface area contributed by atoms with Crippen molar-refractivity contribution < 1.29 is 31.8 Å². The number of para-hydroxylation sites is 1. The van der Waals surface area contributed by atoms with Crippen LogP contribution in [0.3, 0.4) is 0 Å². The van der Waals surface area contributed by atoms with Gasteiger partial charge in [-0.3, -0.25) is 9.48 Å². The lowest BCUT2D eigenvalue weighted by molar-refractivity contribution is 0.104. The number of methoxy groups -OCH3 is 2. The molecule has 0 aliphatic heterocycles. The molecule has 2 aromatic carbocycles.